The Hall–Kier alpha value is -2.77. The molecule has 0 saturated carbocycles. The third-order valence-corrected chi connectivity index (χ3v) is 4.14. The van der Waals surface area contributed by atoms with Gasteiger partial charge in [-0.25, -0.2) is 0 Å². The zero-order valence-electron chi connectivity index (χ0n) is 15.5. The van der Waals surface area contributed by atoms with Crippen LogP contribution in [0.25, 0.3) is 6.08 Å². The van der Waals surface area contributed by atoms with E-state index in [1.807, 2.05) is 42.5 Å². The maximum absolute atomic E-state index is 12.2. The molecule has 1 amide bonds. The number of hydrogen-bond acceptors (Lipinski definition) is 3. The van der Waals surface area contributed by atoms with Gasteiger partial charge in [0.15, 0.2) is 0 Å². The van der Waals surface area contributed by atoms with Gasteiger partial charge in [-0.15, -0.1) is 0 Å². The predicted molar refractivity (Wildman–Crippen MR) is 108 cm³/mol. The summed E-state index contributed by atoms with van der Waals surface area (Å²) >= 11 is 5.84. The van der Waals surface area contributed by atoms with Gasteiger partial charge < -0.3 is 10.1 Å². The molecule has 2 aromatic carbocycles. The zero-order chi connectivity index (χ0) is 19.6. The maximum atomic E-state index is 12.2. The van der Waals surface area contributed by atoms with E-state index in [2.05, 4.69) is 19.2 Å². The summed E-state index contributed by atoms with van der Waals surface area (Å²) in [5, 5.41) is 12.7. The molecule has 0 aliphatic carbocycles. The van der Waals surface area contributed by atoms with Gasteiger partial charge in [0, 0.05) is 11.6 Å². The van der Waals surface area contributed by atoms with E-state index in [-0.39, 0.29) is 5.57 Å². The monoisotopic (exact) mass is 382 g/mol. The maximum Gasteiger partial charge on any atom is 0.262 e. The van der Waals surface area contributed by atoms with E-state index >= 15 is 0 Å². The lowest BCUT2D eigenvalue weighted by Gasteiger charge is -2.08. The van der Waals surface area contributed by atoms with Crippen LogP contribution in [0.3, 0.4) is 0 Å². The van der Waals surface area contributed by atoms with Crippen LogP contribution in [-0.4, -0.2) is 12.5 Å². The minimum atomic E-state index is -0.412. The first-order chi connectivity index (χ1) is 13.0. The number of rotatable bonds is 8. The highest BCUT2D eigenvalue weighted by Crippen LogP contribution is 2.16. The molecule has 4 nitrogen and oxygen atoms in total. The van der Waals surface area contributed by atoms with Crippen molar-refractivity contribution < 1.29 is 9.53 Å². The molecule has 0 aliphatic rings. The molecular weight excluding hydrogens is 360 g/mol. The lowest BCUT2D eigenvalue weighted by molar-refractivity contribution is -0.117. The molecule has 2 aromatic rings. The SMILES string of the molecule is CC(C)CCOc1ccc(/C=C(\C#N)C(=O)NCc2ccc(Cl)cc2)cc1. The fourth-order valence-electron chi connectivity index (χ4n) is 2.27. The van der Waals surface area contributed by atoms with Gasteiger partial charge in [0.25, 0.3) is 5.91 Å². The van der Waals surface area contributed by atoms with E-state index in [0.717, 1.165) is 23.3 Å². The van der Waals surface area contributed by atoms with Crippen molar-refractivity contribution in [3.8, 4) is 11.8 Å². The van der Waals surface area contributed by atoms with Crippen molar-refractivity contribution in [2.24, 2.45) is 5.92 Å². The Morgan fingerprint density at radius 2 is 1.85 bits per heavy atom. The highest BCUT2D eigenvalue weighted by atomic mass is 35.5. The van der Waals surface area contributed by atoms with Crippen molar-refractivity contribution in [3.63, 3.8) is 0 Å². The lowest BCUT2D eigenvalue weighted by atomic mass is 10.1. The molecule has 2 rings (SSSR count). The fraction of sp³-hybridized carbons (Fsp3) is 0.273. The Morgan fingerprint density at radius 1 is 1.19 bits per heavy atom. The molecule has 0 heterocycles. The Kier molecular flexibility index (Phi) is 7.91. The molecule has 0 spiro atoms. The number of carbonyl (C=O) groups is 1. The number of nitrogens with one attached hydrogen (secondary N) is 1. The number of amides is 1. The second kappa shape index (κ2) is 10.4. The van der Waals surface area contributed by atoms with E-state index in [1.165, 1.54) is 0 Å². The Bertz CT molecular complexity index is 819. The van der Waals surface area contributed by atoms with Gasteiger partial charge in [0.2, 0.25) is 0 Å². The molecule has 0 atom stereocenters. The summed E-state index contributed by atoms with van der Waals surface area (Å²) in [4.78, 5) is 12.2. The number of benzene rings is 2. The van der Waals surface area contributed by atoms with Crippen molar-refractivity contribution in [1.82, 2.24) is 5.32 Å². The average molecular weight is 383 g/mol. The molecule has 1 N–H and O–H groups in total. The van der Waals surface area contributed by atoms with Crippen molar-refractivity contribution >= 4 is 23.6 Å². The lowest BCUT2D eigenvalue weighted by Crippen LogP contribution is -2.23. The van der Waals surface area contributed by atoms with Crippen LogP contribution >= 0.6 is 11.6 Å². The largest absolute Gasteiger partial charge is 0.494 e. The van der Waals surface area contributed by atoms with Crippen molar-refractivity contribution in [3.05, 3.63) is 70.3 Å². The molecule has 0 bridgehead atoms. The first kappa shape index (κ1) is 20.5. The van der Waals surface area contributed by atoms with Crippen LogP contribution in [0, 0.1) is 17.2 Å². The first-order valence-corrected chi connectivity index (χ1v) is 9.23. The number of nitriles is 1. The number of ether oxygens (including phenoxy) is 1. The predicted octanol–water partition coefficient (Wildman–Crippen LogP) is 4.99. The van der Waals surface area contributed by atoms with E-state index in [1.54, 1.807) is 18.2 Å². The Morgan fingerprint density at radius 3 is 2.44 bits per heavy atom. The van der Waals surface area contributed by atoms with Crippen LogP contribution in [0.2, 0.25) is 5.02 Å². The quantitative estimate of drug-likeness (QED) is 0.516. The van der Waals surface area contributed by atoms with Crippen LogP contribution in [0.15, 0.2) is 54.1 Å². The summed E-state index contributed by atoms with van der Waals surface area (Å²) in [5.74, 6) is 0.958. The summed E-state index contributed by atoms with van der Waals surface area (Å²) in [5.41, 5.74) is 1.73. The van der Waals surface area contributed by atoms with Crippen molar-refractivity contribution in [2.75, 3.05) is 6.61 Å². The van der Waals surface area contributed by atoms with E-state index in [9.17, 15) is 10.1 Å². The Labute approximate surface area is 165 Å². The molecular formula is C22H23ClN2O2. The minimum absolute atomic E-state index is 0.0532. The molecule has 5 heteroatoms. The Balaban J connectivity index is 1.94. The molecule has 0 fully saturated rings. The topological polar surface area (TPSA) is 62.1 Å². The molecule has 0 unspecified atom stereocenters. The van der Waals surface area contributed by atoms with Gasteiger partial charge in [0.1, 0.15) is 17.4 Å². The smallest absolute Gasteiger partial charge is 0.262 e. The van der Waals surface area contributed by atoms with Gasteiger partial charge in [0.05, 0.1) is 6.61 Å². The van der Waals surface area contributed by atoms with Crippen LogP contribution in [-0.2, 0) is 11.3 Å². The molecule has 0 radical (unpaired) electrons. The van der Waals surface area contributed by atoms with Crippen LogP contribution in [0.1, 0.15) is 31.4 Å². The highest BCUT2D eigenvalue weighted by Gasteiger charge is 2.09. The van der Waals surface area contributed by atoms with E-state index in [0.29, 0.717) is 24.1 Å². The van der Waals surface area contributed by atoms with Gasteiger partial charge in [-0.05, 0) is 53.8 Å². The summed E-state index contributed by atoms with van der Waals surface area (Å²) in [6.07, 6.45) is 2.56. The summed E-state index contributed by atoms with van der Waals surface area (Å²) in [7, 11) is 0. The fourth-order valence-corrected chi connectivity index (χ4v) is 2.39. The van der Waals surface area contributed by atoms with Gasteiger partial charge in [-0.1, -0.05) is 49.7 Å². The molecule has 140 valence electrons. The van der Waals surface area contributed by atoms with Gasteiger partial charge >= 0.3 is 0 Å². The van der Waals surface area contributed by atoms with Crippen molar-refractivity contribution in [2.45, 2.75) is 26.8 Å². The standard InChI is InChI=1S/C22H23ClN2O2/c1-16(2)11-12-27-21-9-5-17(6-10-21)13-19(14-24)22(26)25-15-18-3-7-20(23)8-4-18/h3-10,13,16H,11-12,15H2,1-2H3,(H,25,26)/b19-13+. The number of halogens is 1. The van der Waals surface area contributed by atoms with Crippen LogP contribution in [0.5, 0.6) is 5.75 Å². The molecule has 0 aliphatic heterocycles. The van der Waals surface area contributed by atoms with Crippen molar-refractivity contribution in [1.29, 1.82) is 5.26 Å². The van der Waals surface area contributed by atoms with Crippen LogP contribution < -0.4 is 10.1 Å². The first-order valence-electron chi connectivity index (χ1n) is 8.85. The van der Waals surface area contributed by atoms with Gasteiger partial charge in [-0.3, -0.25) is 4.79 Å². The molecule has 0 saturated heterocycles. The normalized spacial score (nSPS) is 11.1. The second-order valence-electron chi connectivity index (χ2n) is 6.58. The average Bonchev–Trinajstić information content (AvgIpc) is 2.66. The number of nitrogens with zero attached hydrogens (tertiary/aromatic N) is 1. The minimum Gasteiger partial charge on any atom is -0.494 e. The molecule has 0 aromatic heterocycles. The second-order valence-corrected chi connectivity index (χ2v) is 7.02. The van der Waals surface area contributed by atoms with E-state index < -0.39 is 5.91 Å². The molecule has 27 heavy (non-hydrogen) atoms. The third kappa shape index (κ3) is 7.16. The summed E-state index contributed by atoms with van der Waals surface area (Å²) < 4.78 is 5.67. The van der Waals surface area contributed by atoms with Gasteiger partial charge in [-0.2, -0.15) is 5.26 Å². The zero-order valence-corrected chi connectivity index (χ0v) is 16.3. The summed E-state index contributed by atoms with van der Waals surface area (Å²) in [6, 6.07) is 16.5. The third-order valence-electron chi connectivity index (χ3n) is 3.89. The van der Waals surface area contributed by atoms with E-state index in [4.69, 9.17) is 16.3 Å². The number of carbonyl (C=O) groups excluding carboxylic acids is 1. The highest BCUT2D eigenvalue weighted by molar-refractivity contribution is 6.30. The van der Waals surface area contributed by atoms with Crippen LogP contribution in [0.4, 0.5) is 0 Å². The summed E-state index contributed by atoms with van der Waals surface area (Å²) in [6.45, 7) is 5.30. The number of hydrogen-bond donors (Lipinski definition) is 1.